The Kier molecular flexibility index (Phi) is 15.5. The Bertz CT molecular complexity index is 558. The molecule has 0 radical (unpaired) electrons. The summed E-state index contributed by atoms with van der Waals surface area (Å²) in [6, 6.07) is 0. The molecule has 0 aliphatic heterocycles. The van der Waals surface area contributed by atoms with Crippen molar-refractivity contribution in [1.29, 1.82) is 0 Å². The highest BCUT2D eigenvalue weighted by molar-refractivity contribution is 7.80. The third-order valence-corrected chi connectivity index (χ3v) is 5.01. The van der Waals surface area contributed by atoms with E-state index in [4.69, 9.17) is 0 Å². The number of nitrogens with zero attached hydrogens (tertiary/aromatic N) is 2. The minimum atomic E-state index is -4.50. The molecule has 0 aromatic carbocycles. The van der Waals surface area contributed by atoms with Gasteiger partial charge in [0.2, 0.25) is 16.7 Å². The lowest BCUT2D eigenvalue weighted by molar-refractivity contribution is -0.696. The highest BCUT2D eigenvalue weighted by atomic mass is 32.3. The van der Waals surface area contributed by atoms with Gasteiger partial charge in [-0.2, -0.15) is 0 Å². The van der Waals surface area contributed by atoms with Gasteiger partial charge in [-0.05, 0) is 25.2 Å². The first kappa shape index (κ1) is 26.1. The molecule has 0 saturated heterocycles. The lowest BCUT2D eigenvalue weighted by atomic mass is 10.0. The molecule has 0 bridgehead atoms. The number of aromatic nitrogens is 2. The molecule has 0 amide bonds. The molecule has 0 saturated carbocycles. The predicted molar refractivity (Wildman–Crippen MR) is 108 cm³/mol. The summed E-state index contributed by atoms with van der Waals surface area (Å²) >= 11 is 0. The maximum absolute atomic E-state index is 10.1. The normalized spacial score (nSPS) is 12.5. The van der Waals surface area contributed by atoms with Gasteiger partial charge in [-0.3, -0.25) is 4.18 Å². The molecule has 1 atom stereocenters. The van der Waals surface area contributed by atoms with Crippen LogP contribution in [-0.2, 0) is 28.2 Å². The minimum absolute atomic E-state index is 0.0301. The first-order valence-electron chi connectivity index (χ1n) is 10.4. The Morgan fingerprint density at radius 3 is 2.19 bits per heavy atom. The molecule has 1 unspecified atom stereocenters. The topological polar surface area (TPSA) is 75.2 Å². The summed E-state index contributed by atoms with van der Waals surface area (Å²) in [5, 5.41) is 0. The Labute approximate surface area is 166 Å². The van der Waals surface area contributed by atoms with Crippen molar-refractivity contribution < 1.29 is 21.7 Å². The van der Waals surface area contributed by atoms with Crippen molar-refractivity contribution in [2.75, 3.05) is 6.61 Å². The Hall–Kier alpha value is -0.920. The van der Waals surface area contributed by atoms with Crippen LogP contribution in [0.5, 0.6) is 0 Å². The van der Waals surface area contributed by atoms with Crippen molar-refractivity contribution in [2.24, 2.45) is 13.0 Å². The Morgan fingerprint density at radius 2 is 1.67 bits per heavy atom. The molecule has 160 valence electrons. The monoisotopic (exact) mass is 404 g/mol. The molecule has 1 aromatic heterocycles. The Balaban J connectivity index is 0.000000503. The van der Waals surface area contributed by atoms with Gasteiger partial charge in [-0.15, -0.1) is 0 Å². The maximum atomic E-state index is 10.1. The van der Waals surface area contributed by atoms with Crippen LogP contribution in [0, 0.1) is 5.92 Å². The van der Waals surface area contributed by atoms with E-state index in [-0.39, 0.29) is 12.5 Å². The first-order valence-corrected chi connectivity index (χ1v) is 11.8. The van der Waals surface area contributed by atoms with E-state index < -0.39 is 10.4 Å². The van der Waals surface area contributed by atoms with Crippen LogP contribution < -0.4 is 4.57 Å². The zero-order valence-corrected chi connectivity index (χ0v) is 18.5. The number of hydrogen-bond acceptors (Lipinski definition) is 4. The van der Waals surface area contributed by atoms with Gasteiger partial charge in [0.05, 0.1) is 20.2 Å². The van der Waals surface area contributed by atoms with Crippen molar-refractivity contribution in [1.82, 2.24) is 4.57 Å². The predicted octanol–water partition coefficient (Wildman–Crippen LogP) is 4.35. The molecule has 0 spiro atoms. The van der Waals surface area contributed by atoms with E-state index in [1.54, 1.807) is 0 Å². The number of rotatable bonds is 14. The van der Waals surface area contributed by atoms with Gasteiger partial charge in [-0.1, -0.05) is 65.7 Å². The van der Waals surface area contributed by atoms with Crippen molar-refractivity contribution >= 4 is 10.4 Å². The third kappa shape index (κ3) is 16.9. The van der Waals surface area contributed by atoms with Crippen LogP contribution in [0.25, 0.3) is 0 Å². The molecular formula is C20H40N2O4S. The summed E-state index contributed by atoms with van der Waals surface area (Å²) in [7, 11) is -2.44. The van der Waals surface area contributed by atoms with Crippen LogP contribution in [0.1, 0.15) is 85.0 Å². The number of aryl methyl sites for hydroxylation is 2. The van der Waals surface area contributed by atoms with E-state index in [1.165, 1.54) is 45.1 Å². The fraction of sp³-hybridized carbons (Fsp3) is 0.850. The highest BCUT2D eigenvalue weighted by Crippen LogP contribution is 2.13. The second-order valence-electron chi connectivity index (χ2n) is 7.19. The van der Waals surface area contributed by atoms with E-state index >= 15 is 0 Å². The number of hydrogen-bond donors (Lipinski definition) is 0. The quantitative estimate of drug-likeness (QED) is 0.200. The Morgan fingerprint density at radius 1 is 1.04 bits per heavy atom. The molecule has 27 heavy (non-hydrogen) atoms. The third-order valence-electron chi connectivity index (χ3n) is 4.58. The smallest absolute Gasteiger partial charge is 0.243 e. The average Bonchev–Trinajstić information content (AvgIpc) is 3.03. The maximum Gasteiger partial charge on any atom is 0.243 e. The fourth-order valence-electron chi connectivity index (χ4n) is 2.79. The molecule has 0 fully saturated rings. The number of imidazole rings is 1. The summed E-state index contributed by atoms with van der Waals surface area (Å²) in [5.41, 5.74) is 0. The molecule has 1 rings (SSSR count). The SMILES string of the molecule is CCCCC(CC)COS(=O)(=O)[O-].CCCCCCCC[n+]1ccn(C)c1. The van der Waals surface area contributed by atoms with Crippen LogP contribution in [-0.4, -0.2) is 24.1 Å². The minimum Gasteiger partial charge on any atom is -0.726 e. The van der Waals surface area contributed by atoms with E-state index in [0.29, 0.717) is 0 Å². The molecular weight excluding hydrogens is 364 g/mol. The molecule has 0 aliphatic carbocycles. The zero-order valence-electron chi connectivity index (χ0n) is 17.7. The van der Waals surface area contributed by atoms with Gasteiger partial charge in [0.15, 0.2) is 0 Å². The summed E-state index contributed by atoms with van der Waals surface area (Å²) in [6.45, 7) is 7.49. The van der Waals surface area contributed by atoms with Crippen molar-refractivity contribution in [3.8, 4) is 0 Å². The van der Waals surface area contributed by atoms with Crippen LogP contribution in [0.3, 0.4) is 0 Å². The fourth-order valence-corrected chi connectivity index (χ4v) is 3.15. The molecule has 0 N–H and O–H groups in total. The van der Waals surface area contributed by atoms with E-state index in [9.17, 15) is 13.0 Å². The molecule has 1 heterocycles. The summed E-state index contributed by atoms with van der Waals surface area (Å²) in [4.78, 5) is 0. The lowest BCUT2D eigenvalue weighted by Crippen LogP contribution is -2.30. The number of unbranched alkanes of at least 4 members (excludes halogenated alkanes) is 6. The molecule has 6 nitrogen and oxygen atoms in total. The highest BCUT2D eigenvalue weighted by Gasteiger charge is 2.07. The first-order chi connectivity index (χ1) is 12.8. The van der Waals surface area contributed by atoms with E-state index in [0.717, 1.165) is 25.7 Å². The van der Waals surface area contributed by atoms with Crippen LogP contribution >= 0.6 is 0 Å². The van der Waals surface area contributed by atoms with Crippen molar-refractivity contribution in [3.05, 3.63) is 18.7 Å². The largest absolute Gasteiger partial charge is 0.726 e. The molecule has 7 heteroatoms. The van der Waals surface area contributed by atoms with Crippen LogP contribution in [0.4, 0.5) is 0 Å². The van der Waals surface area contributed by atoms with E-state index in [1.807, 2.05) is 6.92 Å². The summed E-state index contributed by atoms with van der Waals surface area (Å²) < 4.78 is 39.0. The zero-order chi connectivity index (χ0) is 20.5. The van der Waals surface area contributed by atoms with Crippen molar-refractivity contribution in [2.45, 2.75) is 91.5 Å². The van der Waals surface area contributed by atoms with Crippen molar-refractivity contribution in [3.63, 3.8) is 0 Å². The van der Waals surface area contributed by atoms with Gasteiger partial charge in [0, 0.05) is 0 Å². The summed E-state index contributed by atoms with van der Waals surface area (Å²) in [6.07, 6.45) is 18.5. The van der Waals surface area contributed by atoms with Gasteiger partial charge >= 0.3 is 0 Å². The van der Waals surface area contributed by atoms with Gasteiger partial charge in [0.1, 0.15) is 12.4 Å². The second kappa shape index (κ2) is 16.1. The van der Waals surface area contributed by atoms with E-state index in [2.05, 4.69) is 52.9 Å². The molecule has 0 aliphatic rings. The average molecular weight is 405 g/mol. The van der Waals surface area contributed by atoms with Gasteiger partial charge < -0.3 is 4.55 Å². The second-order valence-corrected chi connectivity index (χ2v) is 8.25. The summed E-state index contributed by atoms with van der Waals surface area (Å²) in [5.74, 6) is 0.184. The van der Waals surface area contributed by atoms with Gasteiger partial charge in [0.25, 0.3) is 0 Å². The standard InChI is InChI=1S/C12H23N2.C8H18O4S/c1-3-4-5-6-7-8-9-14-11-10-13(2)12-14;1-3-5-6-8(4-2)7-12-13(9,10)11/h10-12H,3-9H2,1-2H3;8H,3-7H2,1-2H3,(H,9,10,11)/q+1;/p-1. The molecule has 1 aromatic rings. The lowest BCUT2D eigenvalue weighted by Gasteiger charge is -2.15. The van der Waals surface area contributed by atoms with Crippen LogP contribution in [0.15, 0.2) is 18.7 Å². The van der Waals surface area contributed by atoms with Gasteiger partial charge in [-0.25, -0.2) is 17.6 Å². The van der Waals surface area contributed by atoms with Crippen LogP contribution in [0.2, 0.25) is 0 Å².